The second-order valence-corrected chi connectivity index (χ2v) is 3.59. The highest BCUT2D eigenvalue weighted by Gasteiger charge is 2.17. The Morgan fingerprint density at radius 3 is 2.50 bits per heavy atom. The van der Waals surface area contributed by atoms with E-state index in [1.807, 2.05) is 0 Å². The van der Waals surface area contributed by atoms with Crippen LogP contribution in [0.4, 0.5) is 0 Å². The van der Waals surface area contributed by atoms with Crippen LogP contribution < -0.4 is 10.9 Å². The fourth-order valence-electron chi connectivity index (χ4n) is 1.28. The lowest BCUT2D eigenvalue weighted by molar-refractivity contribution is -0.135. The predicted octanol–water partition coefficient (Wildman–Crippen LogP) is 0.828. The SMILES string of the molecule is C=C(NNC(=O)c1ccccc1)/C(=N/O)C(=O)OCC. The number of nitrogens with zero attached hydrogens (tertiary/aromatic N) is 1. The summed E-state index contributed by atoms with van der Waals surface area (Å²) in [6.07, 6.45) is 0. The molecule has 0 fully saturated rings. The molecule has 0 saturated carbocycles. The molecule has 1 aromatic carbocycles. The number of oxime groups is 1. The van der Waals surface area contributed by atoms with Crippen LogP contribution in [0.3, 0.4) is 0 Å². The van der Waals surface area contributed by atoms with E-state index in [4.69, 9.17) is 5.21 Å². The maximum Gasteiger partial charge on any atom is 0.362 e. The summed E-state index contributed by atoms with van der Waals surface area (Å²) in [5.74, 6) is -1.27. The predicted molar refractivity (Wildman–Crippen MR) is 72.0 cm³/mol. The van der Waals surface area contributed by atoms with E-state index >= 15 is 0 Å². The van der Waals surface area contributed by atoms with Gasteiger partial charge in [0.15, 0.2) is 0 Å². The van der Waals surface area contributed by atoms with Crippen LogP contribution in [-0.2, 0) is 9.53 Å². The van der Waals surface area contributed by atoms with Crippen molar-refractivity contribution >= 4 is 17.6 Å². The van der Waals surface area contributed by atoms with Gasteiger partial charge in [-0.1, -0.05) is 29.9 Å². The molecule has 106 valence electrons. The molecule has 0 aliphatic carbocycles. The van der Waals surface area contributed by atoms with Gasteiger partial charge in [-0.25, -0.2) is 4.79 Å². The van der Waals surface area contributed by atoms with Crippen molar-refractivity contribution in [2.45, 2.75) is 6.92 Å². The number of hydrogen-bond donors (Lipinski definition) is 3. The van der Waals surface area contributed by atoms with E-state index < -0.39 is 17.6 Å². The van der Waals surface area contributed by atoms with Crippen molar-refractivity contribution in [2.24, 2.45) is 5.16 Å². The van der Waals surface area contributed by atoms with Gasteiger partial charge in [0.25, 0.3) is 5.91 Å². The van der Waals surface area contributed by atoms with Crippen molar-refractivity contribution in [2.75, 3.05) is 6.61 Å². The lowest BCUT2D eigenvalue weighted by atomic mass is 10.2. The average Bonchev–Trinajstić information content (AvgIpc) is 2.46. The third-order valence-corrected chi connectivity index (χ3v) is 2.22. The molecule has 1 aromatic rings. The van der Waals surface area contributed by atoms with Crippen LogP contribution in [0.5, 0.6) is 0 Å². The van der Waals surface area contributed by atoms with Crippen LogP contribution in [-0.4, -0.2) is 29.4 Å². The van der Waals surface area contributed by atoms with Crippen LogP contribution in [0.15, 0.2) is 47.8 Å². The third-order valence-electron chi connectivity index (χ3n) is 2.22. The number of hydrazine groups is 1. The Bertz CT molecular complexity index is 526. The summed E-state index contributed by atoms with van der Waals surface area (Å²) in [4.78, 5) is 23.1. The maximum absolute atomic E-state index is 11.7. The van der Waals surface area contributed by atoms with E-state index in [0.29, 0.717) is 5.56 Å². The van der Waals surface area contributed by atoms with Crippen LogP contribution in [0.1, 0.15) is 17.3 Å². The molecule has 0 unspecified atom stereocenters. The number of carbonyl (C=O) groups is 2. The van der Waals surface area contributed by atoms with E-state index in [-0.39, 0.29) is 12.3 Å². The summed E-state index contributed by atoms with van der Waals surface area (Å²) < 4.78 is 4.66. The summed E-state index contributed by atoms with van der Waals surface area (Å²) in [5.41, 5.74) is 4.63. The molecule has 0 saturated heterocycles. The van der Waals surface area contributed by atoms with Gasteiger partial charge in [0, 0.05) is 5.56 Å². The summed E-state index contributed by atoms with van der Waals surface area (Å²) in [5, 5.41) is 11.5. The molecule has 0 radical (unpaired) electrons. The molecule has 3 N–H and O–H groups in total. The lowest BCUT2D eigenvalue weighted by Crippen LogP contribution is -2.40. The number of hydrogen-bond acceptors (Lipinski definition) is 6. The molecular weight excluding hydrogens is 262 g/mol. The van der Waals surface area contributed by atoms with Crippen LogP contribution in [0.2, 0.25) is 0 Å². The quantitative estimate of drug-likeness (QED) is 0.309. The monoisotopic (exact) mass is 277 g/mol. The average molecular weight is 277 g/mol. The number of carbonyl (C=O) groups excluding carboxylic acids is 2. The number of esters is 1. The number of nitrogens with one attached hydrogen (secondary N) is 2. The molecule has 20 heavy (non-hydrogen) atoms. The molecule has 0 spiro atoms. The van der Waals surface area contributed by atoms with Crippen molar-refractivity contribution in [1.82, 2.24) is 10.9 Å². The molecule has 0 aliphatic rings. The van der Waals surface area contributed by atoms with Crippen molar-refractivity contribution < 1.29 is 19.5 Å². The lowest BCUT2D eigenvalue weighted by Gasteiger charge is -2.11. The van der Waals surface area contributed by atoms with E-state index in [1.165, 1.54) is 0 Å². The molecule has 0 aromatic heterocycles. The number of ether oxygens (including phenoxy) is 1. The first kappa shape index (κ1) is 15.2. The topological polar surface area (TPSA) is 100 Å². The summed E-state index contributed by atoms with van der Waals surface area (Å²) >= 11 is 0. The first-order valence-corrected chi connectivity index (χ1v) is 5.80. The Morgan fingerprint density at radius 1 is 1.30 bits per heavy atom. The molecule has 0 heterocycles. The minimum absolute atomic E-state index is 0.0877. The highest BCUT2D eigenvalue weighted by molar-refractivity contribution is 6.42. The standard InChI is InChI=1S/C13H15N3O4/c1-3-20-13(18)11(16-19)9(2)14-15-12(17)10-7-5-4-6-8-10/h4-8,14,19H,2-3H2,1H3,(H,15,17)/b16-11-. The van der Waals surface area contributed by atoms with Gasteiger partial charge >= 0.3 is 5.97 Å². The fraction of sp³-hybridized carbons (Fsp3) is 0.154. The molecule has 0 aliphatic heterocycles. The van der Waals surface area contributed by atoms with E-state index in [2.05, 4.69) is 27.3 Å². The normalized spacial score (nSPS) is 10.6. The largest absolute Gasteiger partial charge is 0.461 e. The second-order valence-electron chi connectivity index (χ2n) is 3.59. The van der Waals surface area contributed by atoms with Gasteiger partial charge in [0.05, 0.1) is 12.3 Å². The Hall–Kier alpha value is -2.83. The minimum atomic E-state index is -0.846. The van der Waals surface area contributed by atoms with Crippen molar-refractivity contribution in [3.05, 3.63) is 48.2 Å². The third kappa shape index (κ3) is 4.13. The molecule has 7 nitrogen and oxygen atoms in total. The Labute approximate surface area is 115 Å². The zero-order valence-electron chi connectivity index (χ0n) is 10.9. The molecular formula is C13H15N3O4. The number of amides is 1. The van der Waals surface area contributed by atoms with Gasteiger partial charge in [0.2, 0.25) is 5.71 Å². The molecule has 1 rings (SSSR count). The molecule has 7 heteroatoms. The van der Waals surface area contributed by atoms with Gasteiger partial charge < -0.3 is 9.94 Å². The van der Waals surface area contributed by atoms with Gasteiger partial charge in [-0.2, -0.15) is 0 Å². The van der Waals surface area contributed by atoms with Crippen molar-refractivity contribution in [3.8, 4) is 0 Å². The van der Waals surface area contributed by atoms with Crippen molar-refractivity contribution in [1.29, 1.82) is 0 Å². The van der Waals surface area contributed by atoms with E-state index in [1.54, 1.807) is 37.3 Å². The number of benzene rings is 1. The van der Waals surface area contributed by atoms with Gasteiger partial charge in [-0.05, 0) is 19.1 Å². The molecule has 0 bridgehead atoms. The van der Waals surface area contributed by atoms with Gasteiger partial charge in [0.1, 0.15) is 0 Å². The smallest absolute Gasteiger partial charge is 0.362 e. The van der Waals surface area contributed by atoms with Crippen LogP contribution in [0, 0.1) is 0 Å². The van der Waals surface area contributed by atoms with Crippen LogP contribution >= 0.6 is 0 Å². The zero-order chi connectivity index (χ0) is 15.0. The van der Waals surface area contributed by atoms with Gasteiger partial charge in [-0.15, -0.1) is 0 Å². The zero-order valence-corrected chi connectivity index (χ0v) is 10.9. The Kier molecular flexibility index (Phi) is 5.76. The Balaban J connectivity index is 2.59. The Morgan fingerprint density at radius 2 is 1.95 bits per heavy atom. The first-order chi connectivity index (χ1) is 9.60. The summed E-state index contributed by atoms with van der Waals surface area (Å²) in [6, 6.07) is 8.44. The highest BCUT2D eigenvalue weighted by atomic mass is 16.5. The van der Waals surface area contributed by atoms with Crippen molar-refractivity contribution in [3.63, 3.8) is 0 Å². The summed E-state index contributed by atoms with van der Waals surface area (Å²) in [6.45, 7) is 5.22. The minimum Gasteiger partial charge on any atom is -0.461 e. The van der Waals surface area contributed by atoms with Gasteiger partial charge in [-0.3, -0.25) is 15.6 Å². The first-order valence-electron chi connectivity index (χ1n) is 5.80. The van der Waals surface area contributed by atoms with E-state index in [0.717, 1.165) is 0 Å². The summed E-state index contributed by atoms with van der Waals surface area (Å²) in [7, 11) is 0. The fourth-order valence-corrected chi connectivity index (χ4v) is 1.28. The maximum atomic E-state index is 11.7. The molecule has 1 amide bonds. The highest BCUT2D eigenvalue weighted by Crippen LogP contribution is 1.98. The molecule has 0 atom stereocenters. The second kappa shape index (κ2) is 7.57. The van der Waals surface area contributed by atoms with Crippen LogP contribution in [0.25, 0.3) is 0 Å². The van der Waals surface area contributed by atoms with E-state index in [9.17, 15) is 9.59 Å². The number of rotatable bonds is 6.